The van der Waals surface area contributed by atoms with E-state index in [4.69, 9.17) is 20.8 Å². The van der Waals surface area contributed by atoms with Gasteiger partial charge in [-0.2, -0.15) is 0 Å². The van der Waals surface area contributed by atoms with Gasteiger partial charge in [0.15, 0.2) is 5.76 Å². The summed E-state index contributed by atoms with van der Waals surface area (Å²) in [6.07, 6.45) is 0. The Labute approximate surface area is 137 Å². The molecule has 0 bridgehead atoms. The fourth-order valence-corrected chi connectivity index (χ4v) is 2.44. The van der Waals surface area contributed by atoms with E-state index >= 15 is 0 Å². The molecule has 0 amide bonds. The molecule has 0 aliphatic heterocycles. The molecule has 0 radical (unpaired) electrons. The van der Waals surface area contributed by atoms with E-state index in [0.717, 1.165) is 5.56 Å². The van der Waals surface area contributed by atoms with Gasteiger partial charge in [0.1, 0.15) is 5.58 Å². The minimum Gasteiger partial charge on any atom is -0.452 e. The number of carbonyl (C=O) groups is 1. The third kappa shape index (κ3) is 2.98. The molecule has 1 aromatic heterocycles. The summed E-state index contributed by atoms with van der Waals surface area (Å²) in [5.41, 5.74) is 1.62. The van der Waals surface area contributed by atoms with Crippen molar-refractivity contribution in [2.24, 2.45) is 0 Å². The zero-order valence-corrected chi connectivity index (χ0v) is 13.3. The van der Waals surface area contributed by atoms with Crippen molar-refractivity contribution in [3.8, 4) is 17.1 Å². The topological polar surface area (TPSA) is 56.5 Å². The second kappa shape index (κ2) is 5.89. The van der Waals surface area contributed by atoms with E-state index in [1.165, 1.54) is 6.92 Å². The lowest BCUT2D eigenvalue weighted by Crippen LogP contribution is -2.13. The van der Waals surface area contributed by atoms with Crippen LogP contribution in [0.25, 0.3) is 22.3 Å². The van der Waals surface area contributed by atoms with Crippen LogP contribution in [0.1, 0.15) is 12.5 Å². The Morgan fingerprint density at radius 3 is 2.48 bits per heavy atom. The van der Waals surface area contributed by atoms with E-state index in [1.54, 1.807) is 42.5 Å². The maximum atomic E-state index is 12.7. The summed E-state index contributed by atoms with van der Waals surface area (Å²) < 4.78 is 11.0. The summed E-state index contributed by atoms with van der Waals surface area (Å²) in [6, 6.07) is 12.0. The average molecular weight is 329 g/mol. The molecule has 23 heavy (non-hydrogen) atoms. The summed E-state index contributed by atoms with van der Waals surface area (Å²) >= 11 is 5.89. The maximum absolute atomic E-state index is 12.7. The molecule has 0 spiro atoms. The third-order valence-corrected chi connectivity index (χ3v) is 3.61. The lowest BCUT2D eigenvalue weighted by atomic mass is 10.1. The number of aryl methyl sites for hydroxylation is 1. The van der Waals surface area contributed by atoms with Crippen LogP contribution in [0.15, 0.2) is 51.7 Å². The molecule has 116 valence electrons. The molecule has 0 saturated carbocycles. The first-order valence-corrected chi connectivity index (χ1v) is 7.35. The Hall–Kier alpha value is -2.59. The first-order valence-electron chi connectivity index (χ1n) is 6.97. The number of esters is 1. The molecule has 0 aliphatic rings. The minimum atomic E-state index is -0.584. The van der Waals surface area contributed by atoms with Crippen LogP contribution < -0.4 is 10.2 Å². The van der Waals surface area contributed by atoms with Crippen molar-refractivity contribution in [1.82, 2.24) is 0 Å². The number of ether oxygens (including phenoxy) is 1. The summed E-state index contributed by atoms with van der Waals surface area (Å²) in [7, 11) is 0. The lowest BCUT2D eigenvalue weighted by Gasteiger charge is -2.10. The van der Waals surface area contributed by atoms with Gasteiger partial charge in [0.05, 0.1) is 5.39 Å². The van der Waals surface area contributed by atoms with Crippen LogP contribution in [-0.4, -0.2) is 5.97 Å². The van der Waals surface area contributed by atoms with Crippen molar-refractivity contribution in [1.29, 1.82) is 0 Å². The molecule has 0 N–H and O–H groups in total. The zero-order chi connectivity index (χ0) is 16.6. The largest absolute Gasteiger partial charge is 0.452 e. The summed E-state index contributed by atoms with van der Waals surface area (Å²) in [6.45, 7) is 3.14. The lowest BCUT2D eigenvalue weighted by molar-refractivity contribution is -0.131. The van der Waals surface area contributed by atoms with Crippen LogP contribution in [0.4, 0.5) is 0 Å². The summed E-state index contributed by atoms with van der Waals surface area (Å²) in [5, 5.41) is 0.923. The highest BCUT2D eigenvalue weighted by Gasteiger charge is 2.19. The predicted molar refractivity (Wildman–Crippen MR) is 89.0 cm³/mol. The molecule has 3 rings (SSSR count). The molecule has 0 atom stereocenters. The van der Waals surface area contributed by atoms with Gasteiger partial charge in [0, 0.05) is 17.5 Å². The Balaban J connectivity index is 2.35. The van der Waals surface area contributed by atoms with Crippen LogP contribution in [-0.2, 0) is 4.79 Å². The van der Waals surface area contributed by atoms with Crippen LogP contribution in [0, 0.1) is 6.92 Å². The molecule has 4 nitrogen and oxygen atoms in total. The molecule has 3 aromatic rings. The normalized spacial score (nSPS) is 10.7. The van der Waals surface area contributed by atoms with Gasteiger partial charge in [0.2, 0.25) is 11.2 Å². The monoisotopic (exact) mass is 328 g/mol. The minimum absolute atomic E-state index is 0.115. The number of hydrogen-bond donors (Lipinski definition) is 0. The second-order valence-corrected chi connectivity index (χ2v) is 5.63. The summed E-state index contributed by atoms with van der Waals surface area (Å²) in [5.74, 6) is -0.491. The Bertz CT molecular complexity index is 955. The zero-order valence-electron chi connectivity index (χ0n) is 12.6. The van der Waals surface area contributed by atoms with Crippen molar-refractivity contribution in [2.75, 3.05) is 0 Å². The molecular weight excluding hydrogens is 316 g/mol. The van der Waals surface area contributed by atoms with Gasteiger partial charge in [-0.25, -0.2) is 0 Å². The number of fused-ring (bicyclic) bond motifs is 1. The summed E-state index contributed by atoms with van der Waals surface area (Å²) in [4.78, 5) is 24.0. The second-order valence-electron chi connectivity index (χ2n) is 5.19. The smallest absolute Gasteiger partial charge is 0.308 e. The van der Waals surface area contributed by atoms with E-state index in [0.29, 0.717) is 21.6 Å². The molecule has 5 heteroatoms. The molecule has 0 unspecified atom stereocenters. The molecule has 0 saturated heterocycles. The van der Waals surface area contributed by atoms with Crippen LogP contribution in [0.5, 0.6) is 5.75 Å². The van der Waals surface area contributed by atoms with Crippen molar-refractivity contribution < 1.29 is 13.9 Å². The van der Waals surface area contributed by atoms with E-state index in [-0.39, 0.29) is 16.9 Å². The molecular formula is C18H13ClO4. The first-order chi connectivity index (χ1) is 11.0. The predicted octanol–water partition coefficient (Wildman–Crippen LogP) is 4.35. The molecule has 0 fully saturated rings. The van der Waals surface area contributed by atoms with E-state index < -0.39 is 5.97 Å². The number of carbonyl (C=O) groups excluding carboxylic acids is 1. The number of halogens is 1. The molecule has 1 heterocycles. The number of rotatable bonds is 2. The van der Waals surface area contributed by atoms with Crippen molar-refractivity contribution in [2.45, 2.75) is 13.8 Å². The standard InChI is InChI=1S/C18H13ClO4/c1-10-3-8-14-15(9-10)23-17(12-4-6-13(19)7-5-12)18(16(14)21)22-11(2)20/h3-9H,1-2H3. The van der Waals surface area contributed by atoms with Crippen LogP contribution >= 0.6 is 11.6 Å². The number of benzene rings is 2. The Morgan fingerprint density at radius 2 is 1.83 bits per heavy atom. The Morgan fingerprint density at radius 1 is 1.13 bits per heavy atom. The van der Waals surface area contributed by atoms with E-state index in [2.05, 4.69) is 0 Å². The van der Waals surface area contributed by atoms with E-state index in [1.807, 2.05) is 6.92 Å². The van der Waals surface area contributed by atoms with Crippen LogP contribution in [0.2, 0.25) is 5.02 Å². The van der Waals surface area contributed by atoms with Gasteiger partial charge in [0.25, 0.3) is 0 Å². The van der Waals surface area contributed by atoms with Crippen LogP contribution in [0.3, 0.4) is 0 Å². The van der Waals surface area contributed by atoms with Gasteiger partial charge >= 0.3 is 5.97 Å². The molecule has 2 aromatic carbocycles. The van der Waals surface area contributed by atoms with Crippen molar-refractivity contribution >= 4 is 28.5 Å². The third-order valence-electron chi connectivity index (χ3n) is 3.36. The quantitative estimate of drug-likeness (QED) is 0.656. The highest BCUT2D eigenvalue weighted by atomic mass is 35.5. The first kappa shape index (κ1) is 15.3. The van der Waals surface area contributed by atoms with Crippen molar-refractivity contribution in [3.05, 3.63) is 63.3 Å². The van der Waals surface area contributed by atoms with Gasteiger partial charge in [-0.05, 0) is 48.9 Å². The van der Waals surface area contributed by atoms with Gasteiger partial charge < -0.3 is 9.15 Å². The maximum Gasteiger partial charge on any atom is 0.308 e. The SMILES string of the molecule is CC(=O)Oc1c(-c2ccc(Cl)cc2)oc2cc(C)ccc2c1=O. The Kier molecular flexibility index (Phi) is 3.92. The average Bonchev–Trinajstić information content (AvgIpc) is 2.50. The fraction of sp³-hybridized carbons (Fsp3) is 0.111. The molecule has 0 aliphatic carbocycles. The van der Waals surface area contributed by atoms with Gasteiger partial charge in [-0.3, -0.25) is 9.59 Å². The highest BCUT2D eigenvalue weighted by Crippen LogP contribution is 2.32. The fourth-order valence-electron chi connectivity index (χ4n) is 2.31. The van der Waals surface area contributed by atoms with Gasteiger partial charge in [-0.1, -0.05) is 17.7 Å². The van der Waals surface area contributed by atoms with Gasteiger partial charge in [-0.15, -0.1) is 0 Å². The van der Waals surface area contributed by atoms with Crippen molar-refractivity contribution in [3.63, 3.8) is 0 Å². The number of hydrogen-bond acceptors (Lipinski definition) is 4. The highest BCUT2D eigenvalue weighted by molar-refractivity contribution is 6.30. The van der Waals surface area contributed by atoms with E-state index in [9.17, 15) is 9.59 Å².